The first-order chi connectivity index (χ1) is 8.37. The van der Waals surface area contributed by atoms with Gasteiger partial charge in [-0.15, -0.1) is 12.6 Å². The third-order valence-corrected chi connectivity index (χ3v) is 4.92. The topological polar surface area (TPSA) is 0 Å². The molecular weight excluding hydrogens is 247 g/mol. The lowest BCUT2D eigenvalue weighted by Gasteiger charge is -2.35. The Morgan fingerprint density at radius 3 is 1.95 bits per heavy atom. The van der Waals surface area contributed by atoms with Crippen LogP contribution in [0.15, 0.2) is 11.0 Å². The zero-order valence-corrected chi connectivity index (χ0v) is 15.0. The van der Waals surface area contributed by atoms with Gasteiger partial charge < -0.3 is 0 Å². The van der Waals surface area contributed by atoms with Crippen molar-refractivity contribution < 1.29 is 0 Å². The highest BCUT2D eigenvalue weighted by atomic mass is 32.1. The van der Waals surface area contributed by atoms with E-state index in [4.69, 9.17) is 12.6 Å². The van der Waals surface area contributed by atoms with Crippen LogP contribution in [-0.2, 0) is 5.41 Å². The fraction of sp³-hybridized carbons (Fsp3) is 0.647. The molecule has 0 spiro atoms. The molecule has 0 aromatic heterocycles. The Hall–Kier alpha value is -0.365. The first-order valence-electron chi connectivity index (χ1n) is 7.21. The molecule has 1 rings (SSSR count). The third kappa shape index (κ3) is 3.39. The van der Waals surface area contributed by atoms with Crippen LogP contribution in [0.3, 0.4) is 0 Å². The van der Waals surface area contributed by atoms with Gasteiger partial charge in [0, 0.05) is 4.90 Å². The molecule has 0 fully saturated rings. The molecule has 1 aromatic rings. The first-order valence-corrected chi connectivity index (χ1v) is 7.65. The maximum absolute atomic E-state index is 4.83. The summed E-state index contributed by atoms with van der Waals surface area (Å²) < 4.78 is 0. The Bertz CT molecular complexity index is 476. The molecule has 0 nitrogen and oxygen atoms in total. The Kier molecular flexibility index (Phi) is 4.57. The van der Waals surface area contributed by atoms with Crippen LogP contribution in [0.2, 0.25) is 0 Å². The van der Waals surface area contributed by atoms with E-state index in [9.17, 15) is 0 Å². The average Bonchev–Trinajstić information content (AvgIpc) is 2.20. The summed E-state index contributed by atoms with van der Waals surface area (Å²) in [6.07, 6.45) is 0. The molecule has 0 bridgehead atoms. The predicted molar refractivity (Wildman–Crippen MR) is 93.2 cm³/mol. The molecule has 19 heavy (non-hydrogen) atoms. The highest BCUT2D eigenvalue weighted by molar-refractivity contribution is 7.80. The van der Waals surface area contributed by atoms with E-state index < -0.39 is 0 Å². The average molecular weight is 276 g/mol. The maximum atomic E-state index is 4.83. The summed E-state index contributed by atoms with van der Waals surface area (Å²) in [6, 6.07) is 2.38. The van der Waals surface area contributed by atoms with Crippen molar-refractivity contribution in [3.05, 3.63) is 22.8 Å². The molecule has 0 saturated carbocycles. The zero-order valence-electron chi connectivity index (χ0n) is 14.1. The number of thiol groups is 1. The van der Waals surface area contributed by atoms with Gasteiger partial charge in [0.25, 0.3) is 0 Å². The Morgan fingerprint density at radius 2 is 1.58 bits per heavy atom. The normalized spacial score (nSPS) is 14.6. The van der Waals surface area contributed by atoms with Crippen molar-refractivity contribution >= 4 is 25.9 Å². The summed E-state index contributed by atoms with van der Waals surface area (Å²) in [5.41, 5.74) is 5.95. The van der Waals surface area contributed by atoms with Crippen LogP contribution < -0.4 is 5.46 Å². The van der Waals surface area contributed by atoms with Crippen LogP contribution in [-0.4, -0.2) is 7.85 Å². The fourth-order valence-corrected chi connectivity index (χ4v) is 3.16. The highest BCUT2D eigenvalue weighted by Gasteiger charge is 2.30. The molecule has 2 heteroatoms. The molecule has 0 aliphatic carbocycles. The maximum Gasteiger partial charge on any atom is 0.139 e. The van der Waals surface area contributed by atoms with Crippen molar-refractivity contribution in [3.8, 4) is 0 Å². The lowest BCUT2D eigenvalue weighted by Crippen LogP contribution is -2.26. The monoisotopic (exact) mass is 276 g/mol. The van der Waals surface area contributed by atoms with Gasteiger partial charge in [0.1, 0.15) is 7.85 Å². The molecule has 0 saturated heterocycles. The number of hydrogen-bond acceptors (Lipinski definition) is 1. The van der Waals surface area contributed by atoms with Crippen LogP contribution >= 0.6 is 12.6 Å². The lowest BCUT2D eigenvalue weighted by atomic mass is 9.70. The zero-order chi connectivity index (χ0) is 15.2. The van der Waals surface area contributed by atoms with Crippen molar-refractivity contribution in [2.45, 2.75) is 71.6 Å². The van der Waals surface area contributed by atoms with Crippen LogP contribution in [0.5, 0.6) is 0 Å². The summed E-state index contributed by atoms with van der Waals surface area (Å²) in [5.74, 6) is 0.520. The molecule has 0 amide bonds. The summed E-state index contributed by atoms with van der Waals surface area (Å²) >= 11 is 4.83. The van der Waals surface area contributed by atoms with Gasteiger partial charge in [0.15, 0.2) is 0 Å². The van der Waals surface area contributed by atoms with Crippen molar-refractivity contribution in [1.29, 1.82) is 0 Å². The van der Waals surface area contributed by atoms with Gasteiger partial charge in [0.2, 0.25) is 0 Å². The SMILES string of the molecule is Bc1cc(C(C)C(C)(C)C)c(C(C)(C)C)c(S)c1C. The van der Waals surface area contributed by atoms with E-state index in [0.717, 1.165) is 0 Å². The van der Waals surface area contributed by atoms with E-state index in [-0.39, 0.29) is 10.8 Å². The molecule has 0 N–H and O–H groups in total. The predicted octanol–water partition coefficient (Wildman–Crippen LogP) is 3.99. The van der Waals surface area contributed by atoms with Gasteiger partial charge in [-0.25, -0.2) is 0 Å². The van der Waals surface area contributed by atoms with Crippen LogP contribution in [0, 0.1) is 12.3 Å². The van der Waals surface area contributed by atoms with Gasteiger partial charge in [-0.05, 0) is 40.4 Å². The number of benzene rings is 1. The van der Waals surface area contributed by atoms with Crippen molar-refractivity contribution in [3.63, 3.8) is 0 Å². The summed E-state index contributed by atoms with van der Waals surface area (Å²) in [4.78, 5) is 1.18. The second-order valence-corrected chi connectivity index (χ2v) is 8.42. The first kappa shape index (κ1) is 16.7. The van der Waals surface area contributed by atoms with Crippen molar-refractivity contribution in [1.82, 2.24) is 0 Å². The van der Waals surface area contributed by atoms with Gasteiger partial charge in [-0.3, -0.25) is 0 Å². The molecule has 0 aliphatic rings. The van der Waals surface area contributed by atoms with Gasteiger partial charge >= 0.3 is 0 Å². The quantitative estimate of drug-likeness (QED) is 0.582. The minimum Gasteiger partial charge on any atom is -0.143 e. The summed E-state index contributed by atoms with van der Waals surface area (Å²) in [7, 11) is 2.19. The Labute approximate surface area is 126 Å². The third-order valence-electron chi connectivity index (χ3n) is 4.36. The molecule has 1 atom stereocenters. The van der Waals surface area contributed by atoms with E-state index in [2.05, 4.69) is 69.3 Å². The van der Waals surface area contributed by atoms with E-state index in [1.807, 2.05) is 0 Å². The summed E-state index contributed by atoms with van der Waals surface area (Å²) in [5, 5.41) is 0. The van der Waals surface area contributed by atoms with Gasteiger partial charge in [0.05, 0.1) is 0 Å². The van der Waals surface area contributed by atoms with Crippen LogP contribution in [0.1, 0.15) is 71.1 Å². The summed E-state index contributed by atoms with van der Waals surface area (Å²) in [6.45, 7) is 18.3. The molecular formula is C17H29BS. The second-order valence-electron chi connectivity index (χ2n) is 7.97. The molecule has 0 aliphatic heterocycles. The fourth-order valence-electron chi connectivity index (χ4n) is 2.52. The highest BCUT2D eigenvalue weighted by Crippen LogP contribution is 2.42. The van der Waals surface area contributed by atoms with Crippen molar-refractivity contribution in [2.75, 3.05) is 0 Å². The number of rotatable bonds is 1. The van der Waals surface area contributed by atoms with E-state index in [0.29, 0.717) is 5.92 Å². The Morgan fingerprint density at radius 1 is 1.11 bits per heavy atom. The molecule has 1 unspecified atom stereocenters. The largest absolute Gasteiger partial charge is 0.143 e. The van der Waals surface area contributed by atoms with Crippen molar-refractivity contribution in [2.24, 2.45) is 5.41 Å². The Balaban J connectivity index is 3.64. The molecule has 106 valence electrons. The van der Waals surface area contributed by atoms with Gasteiger partial charge in [-0.1, -0.05) is 60.0 Å². The molecule has 0 heterocycles. The van der Waals surface area contributed by atoms with E-state index >= 15 is 0 Å². The van der Waals surface area contributed by atoms with Gasteiger partial charge in [-0.2, -0.15) is 0 Å². The standard InChI is InChI=1S/C17H29BS/c1-10-13(18)9-12(11(2)16(3,4)5)14(15(10)19)17(6,7)8/h9,11,19H,18H2,1-8H3. The van der Waals surface area contributed by atoms with Crippen LogP contribution in [0.25, 0.3) is 0 Å². The lowest BCUT2D eigenvalue weighted by molar-refractivity contribution is 0.334. The van der Waals surface area contributed by atoms with E-state index in [1.165, 1.54) is 27.0 Å². The molecule has 1 aromatic carbocycles. The van der Waals surface area contributed by atoms with Crippen LogP contribution in [0.4, 0.5) is 0 Å². The minimum atomic E-state index is 0.129. The van der Waals surface area contributed by atoms with E-state index in [1.54, 1.807) is 0 Å². The minimum absolute atomic E-state index is 0.129. The smallest absolute Gasteiger partial charge is 0.139 e. The second kappa shape index (κ2) is 5.20. The number of hydrogen-bond donors (Lipinski definition) is 1. The molecule has 0 radical (unpaired) electrons.